The van der Waals surface area contributed by atoms with Crippen LogP contribution in [0, 0.1) is 0 Å². The van der Waals surface area contributed by atoms with Gasteiger partial charge in [-0.05, 0) is 12.6 Å². The van der Waals surface area contributed by atoms with Crippen molar-refractivity contribution in [3.8, 4) is 11.3 Å². The topological polar surface area (TPSA) is 24.9 Å². The lowest BCUT2D eigenvalue weighted by molar-refractivity contribution is 0.723. The van der Waals surface area contributed by atoms with E-state index in [0.29, 0.717) is 10.0 Å². The summed E-state index contributed by atoms with van der Waals surface area (Å²) in [6.45, 7) is 3.80. The molecule has 0 saturated carbocycles. The number of aromatic nitrogens is 1. The molecular formula is C12H12Cl2N2S. The first-order chi connectivity index (χ1) is 8.22. The summed E-state index contributed by atoms with van der Waals surface area (Å²) in [4.78, 5) is 4.53. The van der Waals surface area contributed by atoms with E-state index in [2.05, 4.69) is 17.2 Å². The van der Waals surface area contributed by atoms with E-state index in [1.807, 2.05) is 17.5 Å². The van der Waals surface area contributed by atoms with Crippen LogP contribution in [0.2, 0.25) is 10.0 Å². The third kappa shape index (κ3) is 2.99. The number of benzene rings is 1. The zero-order chi connectivity index (χ0) is 12.3. The van der Waals surface area contributed by atoms with Crippen LogP contribution >= 0.6 is 34.5 Å². The number of nitrogens with zero attached hydrogens (tertiary/aromatic N) is 1. The molecule has 1 aromatic carbocycles. The van der Waals surface area contributed by atoms with E-state index in [-0.39, 0.29) is 0 Å². The van der Waals surface area contributed by atoms with Crippen LogP contribution in [0.3, 0.4) is 0 Å². The van der Waals surface area contributed by atoms with Gasteiger partial charge in [0.15, 0.2) is 0 Å². The minimum Gasteiger partial charge on any atom is -0.311 e. The molecular weight excluding hydrogens is 275 g/mol. The van der Waals surface area contributed by atoms with Gasteiger partial charge in [-0.2, -0.15) is 0 Å². The smallest absolute Gasteiger partial charge is 0.107 e. The van der Waals surface area contributed by atoms with Crippen molar-refractivity contribution in [1.29, 1.82) is 0 Å². The van der Waals surface area contributed by atoms with Gasteiger partial charge in [-0.1, -0.05) is 42.3 Å². The quantitative estimate of drug-likeness (QED) is 0.910. The maximum absolute atomic E-state index is 6.16. The van der Waals surface area contributed by atoms with Gasteiger partial charge in [0.2, 0.25) is 0 Å². The lowest BCUT2D eigenvalue weighted by atomic mass is 10.2. The molecule has 2 nitrogen and oxygen atoms in total. The monoisotopic (exact) mass is 286 g/mol. The summed E-state index contributed by atoms with van der Waals surface area (Å²) in [5.41, 5.74) is 1.77. The molecule has 0 saturated heterocycles. The van der Waals surface area contributed by atoms with Gasteiger partial charge < -0.3 is 5.32 Å². The van der Waals surface area contributed by atoms with Gasteiger partial charge in [0.05, 0.1) is 15.7 Å². The number of hydrogen-bond acceptors (Lipinski definition) is 3. The first kappa shape index (κ1) is 12.8. The SMILES string of the molecule is CCNCc1nc(-c2cccc(Cl)c2Cl)cs1. The predicted molar refractivity (Wildman–Crippen MR) is 75.0 cm³/mol. The van der Waals surface area contributed by atoms with Gasteiger partial charge in [-0.3, -0.25) is 0 Å². The molecule has 0 amide bonds. The highest BCUT2D eigenvalue weighted by Crippen LogP contribution is 2.33. The Morgan fingerprint density at radius 1 is 1.35 bits per heavy atom. The Hall–Kier alpha value is -0.610. The van der Waals surface area contributed by atoms with Crippen molar-refractivity contribution >= 4 is 34.5 Å². The normalized spacial score (nSPS) is 10.8. The molecule has 0 aliphatic rings. The molecule has 0 aliphatic heterocycles. The summed E-state index contributed by atoms with van der Waals surface area (Å²) in [5, 5.41) is 7.43. The number of halogens is 2. The lowest BCUT2D eigenvalue weighted by Crippen LogP contribution is -2.11. The zero-order valence-corrected chi connectivity index (χ0v) is 11.7. The Kier molecular flexibility index (Phi) is 4.40. The zero-order valence-electron chi connectivity index (χ0n) is 9.34. The Bertz CT molecular complexity index is 511. The van der Waals surface area contributed by atoms with Crippen LogP contribution in [0.4, 0.5) is 0 Å². The Morgan fingerprint density at radius 3 is 2.94 bits per heavy atom. The molecule has 1 N–H and O–H groups in total. The number of nitrogens with one attached hydrogen (secondary N) is 1. The van der Waals surface area contributed by atoms with E-state index in [9.17, 15) is 0 Å². The molecule has 2 aromatic rings. The van der Waals surface area contributed by atoms with Crippen molar-refractivity contribution in [2.75, 3.05) is 6.54 Å². The first-order valence-electron chi connectivity index (χ1n) is 5.32. The van der Waals surface area contributed by atoms with E-state index in [1.165, 1.54) is 0 Å². The molecule has 90 valence electrons. The van der Waals surface area contributed by atoms with Crippen LogP contribution in [0.25, 0.3) is 11.3 Å². The summed E-state index contributed by atoms with van der Waals surface area (Å²) in [6.07, 6.45) is 0. The number of hydrogen-bond donors (Lipinski definition) is 1. The largest absolute Gasteiger partial charge is 0.311 e. The van der Waals surface area contributed by atoms with Gasteiger partial charge in [-0.15, -0.1) is 11.3 Å². The summed E-state index contributed by atoms with van der Waals surface area (Å²) in [5.74, 6) is 0. The van der Waals surface area contributed by atoms with Crippen molar-refractivity contribution in [2.24, 2.45) is 0 Å². The molecule has 0 unspecified atom stereocenters. The Morgan fingerprint density at radius 2 is 2.18 bits per heavy atom. The van der Waals surface area contributed by atoms with Crippen LogP contribution in [0.15, 0.2) is 23.6 Å². The number of rotatable bonds is 4. The standard InChI is InChI=1S/C12H12Cl2N2S/c1-2-15-6-11-16-10(7-17-11)8-4-3-5-9(13)12(8)14/h3-5,7,15H,2,6H2,1H3. The average molecular weight is 287 g/mol. The molecule has 0 fully saturated rings. The van der Waals surface area contributed by atoms with Crippen molar-refractivity contribution in [3.05, 3.63) is 38.6 Å². The number of thiazole rings is 1. The molecule has 0 bridgehead atoms. The van der Waals surface area contributed by atoms with Crippen molar-refractivity contribution < 1.29 is 0 Å². The van der Waals surface area contributed by atoms with Gasteiger partial charge in [0.1, 0.15) is 5.01 Å². The minimum absolute atomic E-state index is 0.561. The van der Waals surface area contributed by atoms with E-state index >= 15 is 0 Å². The van der Waals surface area contributed by atoms with E-state index in [1.54, 1.807) is 17.4 Å². The summed E-state index contributed by atoms with van der Waals surface area (Å²) in [7, 11) is 0. The molecule has 1 aromatic heterocycles. The third-order valence-corrected chi connectivity index (χ3v) is 3.97. The van der Waals surface area contributed by atoms with Gasteiger partial charge in [-0.25, -0.2) is 4.98 Å². The van der Waals surface area contributed by atoms with E-state index in [0.717, 1.165) is 29.4 Å². The fourth-order valence-corrected chi connectivity index (χ4v) is 2.61. The first-order valence-corrected chi connectivity index (χ1v) is 6.95. The van der Waals surface area contributed by atoms with Crippen LogP contribution in [0.5, 0.6) is 0 Å². The van der Waals surface area contributed by atoms with Crippen molar-refractivity contribution in [1.82, 2.24) is 10.3 Å². The molecule has 1 heterocycles. The average Bonchev–Trinajstić information content (AvgIpc) is 2.78. The highest BCUT2D eigenvalue weighted by Gasteiger charge is 2.10. The molecule has 0 radical (unpaired) electrons. The summed E-state index contributed by atoms with van der Waals surface area (Å²) in [6, 6.07) is 5.59. The maximum atomic E-state index is 6.16. The molecule has 0 atom stereocenters. The van der Waals surface area contributed by atoms with Crippen molar-refractivity contribution in [2.45, 2.75) is 13.5 Å². The lowest BCUT2D eigenvalue weighted by Gasteiger charge is -2.02. The van der Waals surface area contributed by atoms with E-state index < -0.39 is 0 Å². The highest BCUT2D eigenvalue weighted by molar-refractivity contribution is 7.09. The van der Waals surface area contributed by atoms with Crippen LogP contribution in [-0.4, -0.2) is 11.5 Å². The van der Waals surface area contributed by atoms with Gasteiger partial charge in [0, 0.05) is 17.5 Å². The van der Waals surface area contributed by atoms with Crippen LogP contribution in [0.1, 0.15) is 11.9 Å². The molecule has 0 spiro atoms. The second-order valence-corrected chi connectivity index (χ2v) is 5.24. The fraction of sp³-hybridized carbons (Fsp3) is 0.250. The maximum Gasteiger partial charge on any atom is 0.107 e. The van der Waals surface area contributed by atoms with Gasteiger partial charge in [0.25, 0.3) is 0 Å². The third-order valence-electron chi connectivity index (χ3n) is 2.31. The van der Waals surface area contributed by atoms with Gasteiger partial charge >= 0.3 is 0 Å². The molecule has 17 heavy (non-hydrogen) atoms. The fourth-order valence-electron chi connectivity index (χ4n) is 1.45. The molecule has 0 aliphatic carbocycles. The second-order valence-electron chi connectivity index (χ2n) is 3.51. The summed E-state index contributed by atoms with van der Waals surface area (Å²) < 4.78 is 0. The Labute approximate surface area is 115 Å². The van der Waals surface area contributed by atoms with E-state index in [4.69, 9.17) is 23.2 Å². The summed E-state index contributed by atoms with van der Waals surface area (Å²) >= 11 is 13.8. The predicted octanol–water partition coefficient (Wildman–Crippen LogP) is 4.23. The Balaban J connectivity index is 2.27. The highest BCUT2D eigenvalue weighted by atomic mass is 35.5. The minimum atomic E-state index is 0.561. The van der Waals surface area contributed by atoms with Crippen LogP contribution in [-0.2, 0) is 6.54 Å². The second kappa shape index (κ2) is 5.83. The van der Waals surface area contributed by atoms with Crippen molar-refractivity contribution in [3.63, 3.8) is 0 Å². The molecule has 5 heteroatoms. The molecule has 2 rings (SSSR count). The van der Waals surface area contributed by atoms with Crippen LogP contribution < -0.4 is 5.32 Å².